The largest absolute Gasteiger partial charge is 0.469 e. The highest BCUT2D eigenvalue weighted by atomic mass is 19.2. The van der Waals surface area contributed by atoms with Crippen molar-refractivity contribution in [3.63, 3.8) is 0 Å². The number of carbonyl (C=O) groups is 1. The van der Waals surface area contributed by atoms with Crippen molar-refractivity contribution in [3.8, 4) is 0 Å². The molecule has 0 amide bonds. The zero-order chi connectivity index (χ0) is 15.4. The third-order valence-electron chi connectivity index (χ3n) is 3.77. The highest BCUT2D eigenvalue weighted by Gasteiger charge is 2.27. The summed E-state index contributed by atoms with van der Waals surface area (Å²) >= 11 is 0. The van der Waals surface area contributed by atoms with E-state index in [1.165, 1.54) is 13.2 Å². The maximum absolute atomic E-state index is 13.3. The fourth-order valence-corrected chi connectivity index (χ4v) is 2.47. The summed E-state index contributed by atoms with van der Waals surface area (Å²) in [7, 11) is 1.34. The standard InChI is InChI=1S/C15H19F2NO3/c1-10(11-3-4-13(16)14(17)7-11)18-5-6-21-12(9-18)8-15(19)20-2/h3-4,7,10,12H,5-6,8-9H2,1-2H3. The first kappa shape index (κ1) is 15.9. The molecule has 0 aromatic heterocycles. The van der Waals surface area contributed by atoms with Gasteiger partial charge in [0.15, 0.2) is 11.6 Å². The van der Waals surface area contributed by atoms with Gasteiger partial charge in [0.1, 0.15) is 0 Å². The van der Waals surface area contributed by atoms with Crippen molar-refractivity contribution in [2.75, 3.05) is 26.8 Å². The summed E-state index contributed by atoms with van der Waals surface area (Å²) in [5.74, 6) is -2.02. The van der Waals surface area contributed by atoms with Gasteiger partial charge in [-0.3, -0.25) is 9.69 Å². The molecule has 1 saturated heterocycles. The second-order valence-electron chi connectivity index (χ2n) is 5.12. The Labute approximate surface area is 122 Å². The van der Waals surface area contributed by atoms with E-state index in [0.717, 1.165) is 6.07 Å². The number of carbonyl (C=O) groups excluding carboxylic acids is 1. The summed E-state index contributed by atoms with van der Waals surface area (Å²) in [5, 5.41) is 0. The van der Waals surface area contributed by atoms with E-state index in [1.54, 1.807) is 6.07 Å². The molecule has 116 valence electrons. The van der Waals surface area contributed by atoms with Gasteiger partial charge in [0.05, 0.1) is 26.2 Å². The van der Waals surface area contributed by atoms with Gasteiger partial charge in [-0.15, -0.1) is 0 Å². The maximum Gasteiger partial charge on any atom is 0.308 e. The number of ether oxygens (including phenoxy) is 2. The molecule has 0 aliphatic carbocycles. The molecule has 0 saturated carbocycles. The highest BCUT2D eigenvalue weighted by molar-refractivity contribution is 5.69. The number of benzene rings is 1. The van der Waals surface area contributed by atoms with Crippen molar-refractivity contribution in [2.24, 2.45) is 0 Å². The molecule has 2 unspecified atom stereocenters. The number of esters is 1. The minimum Gasteiger partial charge on any atom is -0.469 e. The second-order valence-corrected chi connectivity index (χ2v) is 5.12. The quantitative estimate of drug-likeness (QED) is 0.800. The minimum absolute atomic E-state index is 0.0795. The first-order valence-corrected chi connectivity index (χ1v) is 6.88. The third kappa shape index (κ3) is 3.98. The van der Waals surface area contributed by atoms with Crippen LogP contribution in [0.4, 0.5) is 8.78 Å². The van der Waals surface area contributed by atoms with Crippen molar-refractivity contribution in [1.29, 1.82) is 0 Å². The van der Waals surface area contributed by atoms with Gasteiger partial charge in [0.2, 0.25) is 0 Å². The van der Waals surface area contributed by atoms with Gasteiger partial charge in [0.25, 0.3) is 0 Å². The minimum atomic E-state index is -0.850. The van der Waals surface area contributed by atoms with Gasteiger partial charge in [-0.25, -0.2) is 8.78 Å². The Bertz CT molecular complexity index is 510. The van der Waals surface area contributed by atoms with Crippen molar-refractivity contribution in [3.05, 3.63) is 35.4 Å². The van der Waals surface area contributed by atoms with Gasteiger partial charge in [-0.1, -0.05) is 6.07 Å². The molecule has 0 radical (unpaired) electrons. The fraction of sp³-hybridized carbons (Fsp3) is 0.533. The molecule has 1 heterocycles. The molecule has 0 spiro atoms. The van der Waals surface area contributed by atoms with Crippen molar-refractivity contribution in [2.45, 2.75) is 25.5 Å². The van der Waals surface area contributed by atoms with Crippen molar-refractivity contribution in [1.82, 2.24) is 4.90 Å². The van der Waals surface area contributed by atoms with Crippen LogP contribution >= 0.6 is 0 Å². The highest BCUT2D eigenvalue weighted by Crippen LogP contribution is 2.24. The smallest absolute Gasteiger partial charge is 0.308 e. The number of hydrogen-bond acceptors (Lipinski definition) is 4. The van der Waals surface area contributed by atoms with Gasteiger partial charge < -0.3 is 9.47 Å². The second kappa shape index (κ2) is 6.95. The predicted molar refractivity (Wildman–Crippen MR) is 72.7 cm³/mol. The van der Waals surface area contributed by atoms with Crippen molar-refractivity contribution < 1.29 is 23.0 Å². The molecule has 21 heavy (non-hydrogen) atoms. The summed E-state index contributed by atoms with van der Waals surface area (Å²) in [5.41, 5.74) is 0.701. The lowest BCUT2D eigenvalue weighted by Gasteiger charge is -2.36. The Morgan fingerprint density at radius 2 is 2.24 bits per heavy atom. The number of morpholine rings is 1. The molecule has 1 aliphatic rings. The molecule has 0 N–H and O–H groups in total. The number of methoxy groups -OCH3 is 1. The molecular formula is C15H19F2NO3. The van der Waals surface area contributed by atoms with E-state index < -0.39 is 11.6 Å². The monoisotopic (exact) mass is 299 g/mol. The van der Waals surface area contributed by atoms with Crippen LogP contribution in [0.15, 0.2) is 18.2 Å². The lowest BCUT2D eigenvalue weighted by Crippen LogP contribution is -2.44. The van der Waals surface area contributed by atoms with Crippen molar-refractivity contribution >= 4 is 5.97 Å². The van der Waals surface area contributed by atoms with Crippen LogP contribution < -0.4 is 0 Å². The topological polar surface area (TPSA) is 38.8 Å². The average Bonchev–Trinajstić information content (AvgIpc) is 2.49. The summed E-state index contributed by atoms with van der Waals surface area (Å²) in [4.78, 5) is 13.4. The number of halogens is 2. The predicted octanol–water partition coefficient (Wildman–Crippen LogP) is 2.29. The Morgan fingerprint density at radius 3 is 2.90 bits per heavy atom. The zero-order valence-corrected chi connectivity index (χ0v) is 12.1. The first-order valence-electron chi connectivity index (χ1n) is 6.88. The number of hydrogen-bond donors (Lipinski definition) is 0. The van der Waals surface area contributed by atoms with E-state index in [4.69, 9.17) is 4.74 Å². The number of rotatable bonds is 4. The molecule has 1 aromatic carbocycles. The Balaban J connectivity index is 2.02. The van der Waals surface area contributed by atoms with E-state index in [1.807, 2.05) is 6.92 Å². The molecule has 1 aliphatic heterocycles. The van der Waals surface area contributed by atoms with Gasteiger partial charge in [-0.2, -0.15) is 0 Å². The summed E-state index contributed by atoms with van der Waals surface area (Å²) in [6, 6.07) is 3.84. The molecule has 4 nitrogen and oxygen atoms in total. The van der Waals surface area contributed by atoms with Crippen LogP contribution in [-0.4, -0.2) is 43.8 Å². The van der Waals surface area contributed by atoms with Crippen LogP contribution in [-0.2, 0) is 14.3 Å². The molecule has 6 heteroatoms. The van der Waals surface area contributed by atoms with Crippen LogP contribution in [0.2, 0.25) is 0 Å². The molecular weight excluding hydrogens is 280 g/mol. The molecule has 2 rings (SSSR count). The maximum atomic E-state index is 13.3. The van der Waals surface area contributed by atoms with Crippen LogP contribution in [0.3, 0.4) is 0 Å². The van der Waals surface area contributed by atoms with Gasteiger partial charge in [0, 0.05) is 19.1 Å². The van der Waals surface area contributed by atoms with Crippen LogP contribution in [0, 0.1) is 11.6 Å². The van der Waals surface area contributed by atoms with E-state index in [2.05, 4.69) is 9.64 Å². The molecule has 2 atom stereocenters. The fourth-order valence-electron chi connectivity index (χ4n) is 2.47. The molecule has 1 aromatic rings. The Hall–Kier alpha value is -1.53. The van der Waals surface area contributed by atoms with Crippen LogP contribution in [0.5, 0.6) is 0 Å². The third-order valence-corrected chi connectivity index (χ3v) is 3.77. The SMILES string of the molecule is COC(=O)CC1CN(C(C)c2ccc(F)c(F)c2)CCO1. The summed E-state index contributed by atoms with van der Waals surface area (Å²) < 4.78 is 36.5. The first-order chi connectivity index (χ1) is 10.0. The normalized spacial score (nSPS) is 21.0. The van der Waals surface area contributed by atoms with Crippen LogP contribution in [0.25, 0.3) is 0 Å². The van der Waals surface area contributed by atoms with Crippen LogP contribution in [0.1, 0.15) is 24.9 Å². The van der Waals surface area contributed by atoms with E-state index >= 15 is 0 Å². The summed E-state index contributed by atoms with van der Waals surface area (Å²) in [6.45, 7) is 3.65. The lowest BCUT2D eigenvalue weighted by atomic mass is 10.0. The molecule has 1 fully saturated rings. The molecule has 0 bridgehead atoms. The van der Waals surface area contributed by atoms with Gasteiger partial charge in [-0.05, 0) is 24.6 Å². The van der Waals surface area contributed by atoms with E-state index in [0.29, 0.717) is 25.3 Å². The average molecular weight is 299 g/mol. The Morgan fingerprint density at radius 1 is 1.48 bits per heavy atom. The van der Waals surface area contributed by atoms with E-state index in [-0.39, 0.29) is 24.5 Å². The number of nitrogens with zero attached hydrogens (tertiary/aromatic N) is 1. The summed E-state index contributed by atoms with van der Waals surface area (Å²) in [6.07, 6.45) is -0.0451. The van der Waals surface area contributed by atoms with E-state index in [9.17, 15) is 13.6 Å². The van der Waals surface area contributed by atoms with Gasteiger partial charge >= 0.3 is 5.97 Å². The lowest BCUT2D eigenvalue weighted by molar-refractivity contribution is -0.146. The zero-order valence-electron chi connectivity index (χ0n) is 12.1. The Kier molecular flexibility index (Phi) is 5.25.